The number of carbonyl (C=O) groups excluding carboxylic acids is 3. The van der Waals surface area contributed by atoms with E-state index in [4.69, 9.17) is 14.2 Å². The molecule has 8 nitrogen and oxygen atoms in total. The summed E-state index contributed by atoms with van der Waals surface area (Å²) in [5.41, 5.74) is 1.44. The lowest BCUT2D eigenvalue weighted by atomic mass is 9.94. The van der Waals surface area contributed by atoms with Crippen LogP contribution in [0.2, 0.25) is 0 Å². The van der Waals surface area contributed by atoms with Crippen LogP contribution in [0.1, 0.15) is 27.5 Å². The number of benzene rings is 3. The fraction of sp³-hybridized carbons (Fsp3) is 0.148. The second kappa shape index (κ2) is 9.72. The lowest BCUT2D eigenvalue weighted by molar-refractivity contribution is -0.132. The van der Waals surface area contributed by atoms with Crippen molar-refractivity contribution in [2.75, 3.05) is 26.2 Å². The van der Waals surface area contributed by atoms with Crippen LogP contribution in [0.3, 0.4) is 0 Å². The lowest BCUT2D eigenvalue weighted by Gasteiger charge is -2.26. The Hall–Kier alpha value is -4.59. The Balaban J connectivity index is 1.91. The van der Waals surface area contributed by atoms with Crippen molar-refractivity contribution < 1.29 is 33.7 Å². The van der Waals surface area contributed by atoms with Crippen LogP contribution >= 0.6 is 0 Å². The van der Waals surface area contributed by atoms with Crippen LogP contribution in [0.5, 0.6) is 11.5 Å². The van der Waals surface area contributed by atoms with Gasteiger partial charge in [-0.25, -0.2) is 4.79 Å². The standard InChI is InChI=1S/C27H23NO7/c1-33-19-14-10-16(11-15-19)24(29)22-23(20-6-4-5-7-21(20)34-2)28(26(31)25(22)30)18-12-8-17(9-13-18)27(32)35-3/h4-15,23,29H,1-3H3/b24-22+. The Kier molecular flexibility index (Phi) is 6.55. The maximum atomic E-state index is 13.3. The molecule has 1 atom stereocenters. The average Bonchev–Trinajstić information content (AvgIpc) is 3.17. The number of aliphatic hydroxyl groups is 1. The predicted molar refractivity (Wildman–Crippen MR) is 129 cm³/mol. The highest BCUT2D eigenvalue weighted by atomic mass is 16.5. The molecule has 8 heteroatoms. The van der Waals surface area contributed by atoms with Gasteiger partial charge < -0.3 is 19.3 Å². The number of aliphatic hydroxyl groups excluding tert-OH is 1. The molecule has 0 aliphatic carbocycles. The summed E-state index contributed by atoms with van der Waals surface area (Å²) in [5, 5.41) is 11.2. The highest BCUT2D eigenvalue weighted by molar-refractivity contribution is 6.51. The molecular weight excluding hydrogens is 450 g/mol. The summed E-state index contributed by atoms with van der Waals surface area (Å²) in [4.78, 5) is 39.7. The Morgan fingerprint density at radius 3 is 2.06 bits per heavy atom. The number of anilines is 1. The molecule has 1 aliphatic heterocycles. The minimum Gasteiger partial charge on any atom is -0.507 e. The molecule has 1 amide bonds. The number of hydrogen-bond acceptors (Lipinski definition) is 7. The molecule has 178 valence electrons. The van der Waals surface area contributed by atoms with Gasteiger partial charge in [0.05, 0.1) is 38.5 Å². The van der Waals surface area contributed by atoms with Gasteiger partial charge in [0.2, 0.25) is 0 Å². The fourth-order valence-electron chi connectivity index (χ4n) is 4.07. The van der Waals surface area contributed by atoms with Crippen molar-refractivity contribution in [1.29, 1.82) is 0 Å². The van der Waals surface area contributed by atoms with Gasteiger partial charge in [-0.1, -0.05) is 18.2 Å². The van der Waals surface area contributed by atoms with Gasteiger partial charge >= 0.3 is 5.97 Å². The number of para-hydroxylation sites is 1. The summed E-state index contributed by atoms with van der Waals surface area (Å²) in [5.74, 6) is -1.49. The number of ketones is 1. The number of carbonyl (C=O) groups is 3. The second-order valence-electron chi connectivity index (χ2n) is 7.68. The van der Waals surface area contributed by atoms with E-state index in [1.165, 1.54) is 38.4 Å². The van der Waals surface area contributed by atoms with E-state index in [0.29, 0.717) is 33.9 Å². The molecule has 0 bridgehead atoms. The van der Waals surface area contributed by atoms with Crippen molar-refractivity contribution >= 4 is 29.1 Å². The first-order valence-electron chi connectivity index (χ1n) is 10.7. The molecule has 1 fully saturated rings. The number of nitrogens with zero attached hydrogens (tertiary/aromatic N) is 1. The smallest absolute Gasteiger partial charge is 0.337 e. The quantitative estimate of drug-likeness (QED) is 0.249. The molecule has 1 saturated heterocycles. The van der Waals surface area contributed by atoms with Crippen molar-refractivity contribution in [2.45, 2.75) is 6.04 Å². The van der Waals surface area contributed by atoms with Gasteiger partial charge in [-0.2, -0.15) is 0 Å². The molecule has 0 spiro atoms. The predicted octanol–water partition coefficient (Wildman–Crippen LogP) is 4.12. The van der Waals surface area contributed by atoms with Gasteiger partial charge in [-0.15, -0.1) is 0 Å². The molecule has 1 unspecified atom stereocenters. The third-order valence-corrected chi connectivity index (χ3v) is 5.81. The van der Waals surface area contributed by atoms with Crippen LogP contribution in [0.25, 0.3) is 5.76 Å². The summed E-state index contributed by atoms with van der Waals surface area (Å²) in [6, 6.07) is 18.6. The molecule has 0 radical (unpaired) electrons. The van der Waals surface area contributed by atoms with Crippen molar-refractivity contribution in [2.24, 2.45) is 0 Å². The van der Waals surface area contributed by atoms with E-state index in [2.05, 4.69) is 0 Å². The summed E-state index contributed by atoms with van der Waals surface area (Å²) in [6.07, 6.45) is 0. The SMILES string of the molecule is COC(=O)c1ccc(N2C(=O)C(=O)/C(=C(/O)c3ccc(OC)cc3)C2c2ccccc2OC)cc1. The number of hydrogen-bond donors (Lipinski definition) is 1. The van der Waals surface area contributed by atoms with Crippen LogP contribution in [0.15, 0.2) is 78.4 Å². The topological polar surface area (TPSA) is 102 Å². The minimum absolute atomic E-state index is 0.0817. The molecule has 3 aromatic rings. The van der Waals surface area contributed by atoms with Crippen LogP contribution in [0, 0.1) is 0 Å². The zero-order valence-corrected chi connectivity index (χ0v) is 19.3. The summed E-state index contributed by atoms with van der Waals surface area (Å²) in [7, 11) is 4.28. The van der Waals surface area contributed by atoms with Gasteiger partial charge in [0, 0.05) is 16.8 Å². The Bertz CT molecular complexity index is 1310. The Morgan fingerprint density at radius 2 is 1.46 bits per heavy atom. The third kappa shape index (κ3) is 4.21. The van der Waals surface area contributed by atoms with Crippen LogP contribution in [-0.4, -0.2) is 44.1 Å². The first-order valence-corrected chi connectivity index (χ1v) is 10.7. The number of rotatable bonds is 6. The van der Waals surface area contributed by atoms with Crippen LogP contribution < -0.4 is 14.4 Å². The number of methoxy groups -OCH3 is 3. The number of Topliss-reactive ketones (excluding diaryl/α,β-unsaturated/α-hetero) is 1. The Morgan fingerprint density at radius 1 is 0.829 bits per heavy atom. The molecular formula is C27H23NO7. The van der Waals surface area contributed by atoms with E-state index >= 15 is 0 Å². The van der Waals surface area contributed by atoms with E-state index in [1.54, 1.807) is 60.7 Å². The molecule has 1 N–H and O–H groups in total. The van der Waals surface area contributed by atoms with Crippen molar-refractivity contribution in [3.63, 3.8) is 0 Å². The van der Waals surface area contributed by atoms with E-state index in [1.807, 2.05) is 0 Å². The zero-order chi connectivity index (χ0) is 25.1. The third-order valence-electron chi connectivity index (χ3n) is 5.81. The van der Waals surface area contributed by atoms with Crippen molar-refractivity contribution in [3.05, 3.63) is 95.1 Å². The molecule has 0 saturated carbocycles. The number of ether oxygens (including phenoxy) is 3. The highest BCUT2D eigenvalue weighted by Crippen LogP contribution is 2.44. The van der Waals surface area contributed by atoms with Gasteiger partial charge in [-0.3, -0.25) is 14.5 Å². The maximum Gasteiger partial charge on any atom is 0.337 e. The molecule has 0 aromatic heterocycles. The van der Waals surface area contributed by atoms with Gasteiger partial charge in [0.15, 0.2) is 0 Å². The fourth-order valence-corrected chi connectivity index (χ4v) is 4.07. The van der Waals surface area contributed by atoms with E-state index < -0.39 is 23.7 Å². The molecule has 4 rings (SSSR count). The minimum atomic E-state index is -0.975. The maximum absolute atomic E-state index is 13.3. The van der Waals surface area contributed by atoms with Crippen LogP contribution in [-0.2, 0) is 14.3 Å². The second-order valence-corrected chi connectivity index (χ2v) is 7.68. The zero-order valence-electron chi connectivity index (χ0n) is 19.3. The number of amides is 1. The normalized spacial score (nSPS) is 16.8. The average molecular weight is 473 g/mol. The van der Waals surface area contributed by atoms with Crippen molar-refractivity contribution in [1.82, 2.24) is 0 Å². The van der Waals surface area contributed by atoms with E-state index in [9.17, 15) is 19.5 Å². The summed E-state index contributed by atoms with van der Waals surface area (Å²) >= 11 is 0. The summed E-state index contributed by atoms with van der Waals surface area (Å²) < 4.78 is 15.4. The van der Waals surface area contributed by atoms with Gasteiger partial charge in [0.25, 0.3) is 11.7 Å². The highest BCUT2D eigenvalue weighted by Gasteiger charge is 2.47. The first-order chi connectivity index (χ1) is 16.9. The van der Waals surface area contributed by atoms with Gasteiger partial charge in [0.1, 0.15) is 17.3 Å². The van der Waals surface area contributed by atoms with Gasteiger partial charge in [-0.05, 0) is 54.6 Å². The first kappa shape index (κ1) is 23.6. The molecule has 1 heterocycles. The molecule has 3 aromatic carbocycles. The number of esters is 1. The van der Waals surface area contributed by atoms with Crippen molar-refractivity contribution in [3.8, 4) is 11.5 Å². The molecule has 1 aliphatic rings. The Labute approximate surface area is 202 Å². The van der Waals surface area contributed by atoms with E-state index in [-0.39, 0.29) is 11.3 Å². The summed E-state index contributed by atoms with van der Waals surface area (Å²) in [6.45, 7) is 0. The lowest BCUT2D eigenvalue weighted by Crippen LogP contribution is -2.29. The van der Waals surface area contributed by atoms with Crippen LogP contribution in [0.4, 0.5) is 5.69 Å². The molecule has 35 heavy (non-hydrogen) atoms. The largest absolute Gasteiger partial charge is 0.507 e. The van der Waals surface area contributed by atoms with E-state index in [0.717, 1.165) is 0 Å². The monoisotopic (exact) mass is 473 g/mol.